The fraction of sp³-hybridized carbons (Fsp3) is 0.368. The minimum atomic E-state index is 0.126. The molecule has 0 saturated carbocycles. The lowest BCUT2D eigenvalue weighted by atomic mass is 10.0. The highest BCUT2D eigenvalue weighted by molar-refractivity contribution is 5.63. The Bertz CT molecular complexity index is 666. The van der Waals surface area contributed by atoms with Gasteiger partial charge in [0.25, 0.3) is 0 Å². The molecule has 0 fully saturated rings. The van der Waals surface area contributed by atoms with Crippen molar-refractivity contribution in [1.82, 2.24) is 0 Å². The smallest absolute Gasteiger partial charge is 0.143 e. The van der Waals surface area contributed by atoms with Crippen molar-refractivity contribution >= 4 is 5.69 Å². The number of nitrogens with zero attached hydrogens (tertiary/aromatic N) is 1. The van der Waals surface area contributed by atoms with Crippen LogP contribution < -0.4 is 9.64 Å². The number of phenols is 1. The van der Waals surface area contributed by atoms with Gasteiger partial charge in [-0.05, 0) is 44.0 Å². The standard InChI is InChI=1S/C19H23NO2/c1-13(2)20-12-17(10-15-7-5-4-6-14(15)3)22-19-9-8-16(21)11-18(19)20/h4-9,11,13,17,21H,10,12H2,1-3H3. The summed E-state index contributed by atoms with van der Waals surface area (Å²) in [6, 6.07) is 14.2. The number of fused-ring (bicyclic) bond motifs is 1. The van der Waals surface area contributed by atoms with E-state index in [1.165, 1.54) is 11.1 Å². The molecule has 0 spiro atoms. The molecule has 0 aromatic heterocycles. The van der Waals surface area contributed by atoms with E-state index in [1.807, 2.05) is 6.07 Å². The summed E-state index contributed by atoms with van der Waals surface area (Å²) in [4.78, 5) is 2.31. The predicted octanol–water partition coefficient (Wildman–Crippen LogP) is 3.92. The molecule has 1 N–H and O–H groups in total. The third-order valence-corrected chi connectivity index (χ3v) is 4.28. The summed E-state index contributed by atoms with van der Waals surface area (Å²) >= 11 is 0. The maximum absolute atomic E-state index is 9.74. The van der Waals surface area contributed by atoms with Gasteiger partial charge in [-0.25, -0.2) is 0 Å². The number of benzene rings is 2. The average molecular weight is 297 g/mol. The molecular formula is C19H23NO2. The largest absolute Gasteiger partial charge is 0.508 e. The number of rotatable bonds is 3. The van der Waals surface area contributed by atoms with Crippen molar-refractivity contribution < 1.29 is 9.84 Å². The van der Waals surface area contributed by atoms with E-state index in [1.54, 1.807) is 12.1 Å². The SMILES string of the molecule is Cc1ccccc1CC1CN(C(C)C)c2cc(O)ccc2O1. The zero-order chi connectivity index (χ0) is 15.7. The van der Waals surface area contributed by atoms with Crippen LogP contribution in [0.3, 0.4) is 0 Å². The minimum absolute atomic E-state index is 0.126. The Morgan fingerprint density at radius 1 is 1.23 bits per heavy atom. The molecule has 2 aromatic carbocycles. The van der Waals surface area contributed by atoms with Gasteiger partial charge in [0.15, 0.2) is 0 Å². The molecule has 1 aliphatic rings. The summed E-state index contributed by atoms with van der Waals surface area (Å²) in [7, 11) is 0. The van der Waals surface area contributed by atoms with Crippen molar-refractivity contribution in [2.45, 2.75) is 39.3 Å². The quantitative estimate of drug-likeness (QED) is 0.932. The Labute approximate surface area is 132 Å². The van der Waals surface area contributed by atoms with Crippen LogP contribution in [0, 0.1) is 6.92 Å². The molecule has 3 heteroatoms. The van der Waals surface area contributed by atoms with Gasteiger partial charge < -0.3 is 14.7 Å². The fourth-order valence-electron chi connectivity index (χ4n) is 3.04. The van der Waals surface area contributed by atoms with E-state index >= 15 is 0 Å². The summed E-state index contributed by atoms with van der Waals surface area (Å²) in [6.07, 6.45) is 1.02. The van der Waals surface area contributed by atoms with Crippen molar-refractivity contribution in [3.63, 3.8) is 0 Å². The van der Waals surface area contributed by atoms with Crippen molar-refractivity contribution in [1.29, 1.82) is 0 Å². The Balaban J connectivity index is 1.87. The predicted molar refractivity (Wildman–Crippen MR) is 89.9 cm³/mol. The molecule has 1 unspecified atom stereocenters. The molecule has 2 aromatic rings. The monoisotopic (exact) mass is 297 g/mol. The molecule has 1 heterocycles. The van der Waals surface area contributed by atoms with Crippen LogP contribution in [0.2, 0.25) is 0 Å². The lowest BCUT2D eigenvalue weighted by molar-refractivity contribution is 0.190. The van der Waals surface area contributed by atoms with Crippen LogP contribution in [0.5, 0.6) is 11.5 Å². The van der Waals surface area contributed by atoms with Crippen molar-refractivity contribution in [2.24, 2.45) is 0 Å². The summed E-state index contributed by atoms with van der Waals surface area (Å²) < 4.78 is 6.17. The van der Waals surface area contributed by atoms with E-state index in [-0.39, 0.29) is 11.9 Å². The summed E-state index contributed by atoms with van der Waals surface area (Å²) in [5.41, 5.74) is 3.62. The lowest BCUT2D eigenvalue weighted by Gasteiger charge is -2.39. The number of hydrogen-bond donors (Lipinski definition) is 1. The Hall–Kier alpha value is -2.16. The first kappa shape index (κ1) is 14.8. The Morgan fingerprint density at radius 3 is 2.73 bits per heavy atom. The zero-order valence-electron chi connectivity index (χ0n) is 13.4. The van der Waals surface area contributed by atoms with Gasteiger partial charge in [0.1, 0.15) is 17.6 Å². The first-order chi connectivity index (χ1) is 10.5. The molecule has 22 heavy (non-hydrogen) atoms. The summed E-state index contributed by atoms with van der Waals surface area (Å²) in [5, 5.41) is 9.74. The van der Waals surface area contributed by atoms with Crippen LogP contribution in [-0.2, 0) is 6.42 Å². The third kappa shape index (κ3) is 2.89. The molecule has 1 aliphatic heterocycles. The van der Waals surface area contributed by atoms with E-state index in [0.717, 1.165) is 24.4 Å². The van der Waals surface area contributed by atoms with Gasteiger partial charge >= 0.3 is 0 Å². The van der Waals surface area contributed by atoms with Crippen LogP contribution in [0.1, 0.15) is 25.0 Å². The number of anilines is 1. The first-order valence-electron chi connectivity index (χ1n) is 7.85. The Morgan fingerprint density at radius 2 is 2.00 bits per heavy atom. The number of phenolic OH excluding ortho intramolecular Hbond substituents is 1. The van der Waals surface area contributed by atoms with Crippen LogP contribution in [-0.4, -0.2) is 23.8 Å². The number of hydrogen-bond acceptors (Lipinski definition) is 3. The first-order valence-corrected chi connectivity index (χ1v) is 7.85. The van der Waals surface area contributed by atoms with Gasteiger partial charge in [-0.3, -0.25) is 0 Å². The Kier molecular flexibility index (Phi) is 3.97. The molecule has 1 atom stereocenters. The van der Waals surface area contributed by atoms with Gasteiger partial charge in [-0.1, -0.05) is 24.3 Å². The van der Waals surface area contributed by atoms with Gasteiger partial charge in [-0.15, -0.1) is 0 Å². The highest BCUT2D eigenvalue weighted by atomic mass is 16.5. The fourth-order valence-corrected chi connectivity index (χ4v) is 3.04. The molecular weight excluding hydrogens is 274 g/mol. The van der Waals surface area contributed by atoms with Gasteiger partial charge in [0.05, 0.1) is 12.2 Å². The van der Waals surface area contributed by atoms with E-state index < -0.39 is 0 Å². The summed E-state index contributed by atoms with van der Waals surface area (Å²) in [6.45, 7) is 7.32. The van der Waals surface area contributed by atoms with E-state index in [0.29, 0.717) is 6.04 Å². The van der Waals surface area contributed by atoms with Gasteiger partial charge in [0.2, 0.25) is 0 Å². The minimum Gasteiger partial charge on any atom is -0.508 e. The highest BCUT2D eigenvalue weighted by Gasteiger charge is 2.28. The molecule has 0 aliphatic carbocycles. The van der Waals surface area contributed by atoms with Gasteiger partial charge in [0, 0.05) is 18.5 Å². The topological polar surface area (TPSA) is 32.7 Å². The molecule has 3 rings (SSSR count). The maximum atomic E-state index is 9.74. The van der Waals surface area contributed by atoms with Gasteiger partial charge in [-0.2, -0.15) is 0 Å². The molecule has 0 bridgehead atoms. The van der Waals surface area contributed by atoms with Crippen LogP contribution in [0.25, 0.3) is 0 Å². The van der Waals surface area contributed by atoms with Crippen LogP contribution >= 0.6 is 0 Å². The third-order valence-electron chi connectivity index (χ3n) is 4.28. The second kappa shape index (κ2) is 5.91. The van der Waals surface area contributed by atoms with Crippen molar-refractivity contribution in [3.05, 3.63) is 53.6 Å². The average Bonchev–Trinajstić information content (AvgIpc) is 2.49. The number of ether oxygens (including phenoxy) is 1. The maximum Gasteiger partial charge on any atom is 0.143 e. The van der Waals surface area contributed by atoms with E-state index in [9.17, 15) is 5.11 Å². The van der Waals surface area contributed by atoms with Crippen LogP contribution in [0.15, 0.2) is 42.5 Å². The molecule has 0 amide bonds. The lowest BCUT2D eigenvalue weighted by Crippen LogP contribution is -2.44. The molecule has 0 radical (unpaired) electrons. The highest BCUT2D eigenvalue weighted by Crippen LogP contribution is 2.37. The molecule has 116 valence electrons. The summed E-state index contributed by atoms with van der Waals surface area (Å²) in [5.74, 6) is 1.14. The number of aryl methyl sites for hydroxylation is 1. The number of aromatic hydroxyl groups is 1. The second-order valence-electron chi connectivity index (χ2n) is 6.27. The van der Waals surface area contributed by atoms with Crippen LogP contribution in [0.4, 0.5) is 5.69 Å². The normalized spacial score (nSPS) is 17.3. The zero-order valence-corrected chi connectivity index (χ0v) is 13.4. The van der Waals surface area contributed by atoms with Crippen molar-refractivity contribution in [3.8, 4) is 11.5 Å². The van der Waals surface area contributed by atoms with E-state index in [2.05, 4.69) is 49.9 Å². The van der Waals surface area contributed by atoms with Crippen molar-refractivity contribution in [2.75, 3.05) is 11.4 Å². The molecule has 0 saturated heterocycles. The second-order valence-corrected chi connectivity index (χ2v) is 6.27. The van der Waals surface area contributed by atoms with E-state index in [4.69, 9.17) is 4.74 Å². The molecule has 3 nitrogen and oxygen atoms in total.